The summed E-state index contributed by atoms with van der Waals surface area (Å²) < 4.78 is 12.7. The summed E-state index contributed by atoms with van der Waals surface area (Å²) in [5.41, 5.74) is 4.89. The zero-order chi connectivity index (χ0) is 18.8. The van der Waals surface area contributed by atoms with Gasteiger partial charge in [-0.25, -0.2) is 4.68 Å². The summed E-state index contributed by atoms with van der Waals surface area (Å²) in [6.45, 7) is 2.07. The van der Waals surface area contributed by atoms with Crippen molar-refractivity contribution in [3.8, 4) is 17.2 Å². The molecule has 0 bridgehead atoms. The molecular weight excluding hydrogens is 340 g/mol. The summed E-state index contributed by atoms with van der Waals surface area (Å²) in [5.74, 6) is 1.33. The van der Waals surface area contributed by atoms with Crippen LogP contribution in [0.15, 0.2) is 61.1 Å². The number of nitrogens with one attached hydrogen (secondary N) is 1. The maximum atomic E-state index is 5.44. The molecular formula is C21H20N4O2. The zero-order valence-corrected chi connectivity index (χ0v) is 15.4. The van der Waals surface area contributed by atoms with Crippen LogP contribution >= 0.6 is 0 Å². The molecule has 0 spiro atoms. The molecule has 0 unspecified atom stereocenters. The van der Waals surface area contributed by atoms with E-state index in [1.165, 1.54) is 0 Å². The third-order valence-electron chi connectivity index (χ3n) is 4.36. The molecule has 0 aliphatic carbocycles. The molecule has 0 aliphatic rings. The van der Waals surface area contributed by atoms with Crippen molar-refractivity contribution < 1.29 is 9.47 Å². The van der Waals surface area contributed by atoms with Gasteiger partial charge in [0.1, 0.15) is 0 Å². The number of pyridine rings is 1. The van der Waals surface area contributed by atoms with Gasteiger partial charge in [-0.2, -0.15) is 5.10 Å². The molecule has 0 saturated heterocycles. The number of hydrogen-bond acceptors (Lipinski definition) is 5. The summed E-state index contributed by atoms with van der Waals surface area (Å²) in [6, 6.07) is 13.9. The average molecular weight is 360 g/mol. The van der Waals surface area contributed by atoms with Crippen LogP contribution in [-0.4, -0.2) is 29.0 Å². The first-order valence-electron chi connectivity index (χ1n) is 8.57. The highest BCUT2D eigenvalue weighted by molar-refractivity contribution is 5.95. The fourth-order valence-electron chi connectivity index (χ4n) is 3.13. The Labute approximate surface area is 157 Å². The van der Waals surface area contributed by atoms with Crippen LogP contribution in [0, 0.1) is 6.92 Å². The quantitative estimate of drug-likeness (QED) is 0.568. The van der Waals surface area contributed by atoms with Crippen molar-refractivity contribution in [2.24, 2.45) is 0 Å². The Balaban J connectivity index is 1.78. The zero-order valence-electron chi connectivity index (χ0n) is 15.4. The van der Waals surface area contributed by atoms with E-state index in [-0.39, 0.29) is 0 Å². The molecule has 0 atom stereocenters. The second-order valence-electron chi connectivity index (χ2n) is 6.22. The fourth-order valence-corrected chi connectivity index (χ4v) is 3.13. The number of fused-ring (bicyclic) bond motifs is 1. The van der Waals surface area contributed by atoms with Gasteiger partial charge in [-0.15, -0.1) is 0 Å². The van der Waals surface area contributed by atoms with E-state index in [9.17, 15) is 0 Å². The lowest BCUT2D eigenvalue weighted by Crippen LogP contribution is -1.99. The highest BCUT2D eigenvalue weighted by Gasteiger charge is 2.10. The van der Waals surface area contributed by atoms with E-state index in [1.54, 1.807) is 26.6 Å². The van der Waals surface area contributed by atoms with E-state index in [2.05, 4.69) is 40.5 Å². The van der Waals surface area contributed by atoms with E-state index in [0.717, 1.165) is 33.5 Å². The van der Waals surface area contributed by atoms with Gasteiger partial charge in [0.05, 0.1) is 25.4 Å². The topological polar surface area (TPSA) is 61.2 Å². The van der Waals surface area contributed by atoms with Gasteiger partial charge in [0, 0.05) is 41.4 Å². The number of aromatic nitrogens is 3. The van der Waals surface area contributed by atoms with Gasteiger partial charge in [0.2, 0.25) is 0 Å². The molecule has 4 aromatic rings. The van der Waals surface area contributed by atoms with Crippen molar-refractivity contribution in [2.45, 2.75) is 6.92 Å². The Morgan fingerprint density at radius 1 is 0.963 bits per heavy atom. The number of benzene rings is 2. The van der Waals surface area contributed by atoms with Crippen molar-refractivity contribution in [3.63, 3.8) is 0 Å². The summed E-state index contributed by atoms with van der Waals surface area (Å²) >= 11 is 0. The van der Waals surface area contributed by atoms with Crippen LogP contribution in [0.5, 0.6) is 11.5 Å². The molecule has 6 heteroatoms. The Kier molecular flexibility index (Phi) is 4.38. The van der Waals surface area contributed by atoms with E-state index in [1.807, 2.05) is 35.1 Å². The Morgan fingerprint density at radius 2 is 1.78 bits per heavy atom. The molecule has 136 valence electrons. The second-order valence-corrected chi connectivity index (χ2v) is 6.22. The highest BCUT2D eigenvalue weighted by atomic mass is 16.5. The molecule has 2 aromatic carbocycles. The number of rotatable bonds is 5. The van der Waals surface area contributed by atoms with Crippen molar-refractivity contribution >= 4 is 22.3 Å². The van der Waals surface area contributed by atoms with Crippen LogP contribution in [0.1, 0.15) is 5.56 Å². The Morgan fingerprint density at radius 3 is 2.52 bits per heavy atom. The number of nitrogens with zero attached hydrogens (tertiary/aromatic N) is 3. The summed E-state index contributed by atoms with van der Waals surface area (Å²) in [7, 11) is 3.25. The third-order valence-corrected chi connectivity index (χ3v) is 4.36. The van der Waals surface area contributed by atoms with Crippen molar-refractivity contribution in [1.29, 1.82) is 0 Å². The van der Waals surface area contributed by atoms with Crippen LogP contribution in [-0.2, 0) is 0 Å². The average Bonchev–Trinajstić information content (AvgIpc) is 3.21. The molecule has 6 nitrogen and oxygen atoms in total. The standard InChI is InChI=1S/C21H20N4O2/c1-14-9-15(11-16(10-14)25-8-4-6-23-25)24-18-5-7-22-19-13-21(27-3)20(26-2)12-17(18)19/h4-13H,1-3H3,(H,22,24). The monoisotopic (exact) mass is 360 g/mol. The van der Waals surface area contributed by atoms with Crippen molar-refractivity contribution in [2.75, 3.05) is 19.5 Å². The number of ether oxygens (including phenoxy) is 2. The lowest BCUT2D eigenvalue weighted by atomic mass is 10.1. The van der Waals surface area contributed by atoms with Gasteiger partial charge in [-0.05, 0) is 48.9 Å². The Bertz CT molecular complexity index is 1090. The van der Waals surface area contributed by atoms with E-state index < -0.39 is 0 Å². The number of hydrogen-bond donors (Lipinski definition) is 1. The molecule has 0 radical (unpaired) electrons. The minimum atomic E-state index is 0.658. The molecule has 2 heterocycles. The van der Waals surface area contributed by atoms with Crippen LogP contribution in [0.4, 0.5) is 11.4 Å². The molecule has 0 aliphatic heterocycles. The SMILES string of the molecule is COc1cc2nccc(Nc3cc(C)cc(-n4cccn4)c3)c2cc1OC. The second kappa shape index (κ2) is 6.99. The van der Waals surface area contributed by atoms with Crippen LogP contribution in [0.2, 0.25) is 0 Å². The molecule has 0 saturated carbocycles. The van der Waals surface area contributed by atoms with Gasteiger partial charge in [-0.1, -0.05) is 0 Å². The van der Waals surface area contributed by atoms with Gasteiger partial charge in [0.25, 0.3) is 0 Å². The fraction of sp³-hybridized carbons (Fsp3) is 0.143. The predicted molar refractivity (Wildman–Crippen MR) is 106 cm³/mol. The van der Waals surface area contributed by atoms with E-state index in [4.69, 9.17) is 9.47 Å². The minimum absolute atomic E-state index is 0.658. The number of methoxy groups -OCH3 is 2. The van der Waals surface area contributed by atoms with Gasteiger partial charge in [-0.3, -0.25) is 4.98 Å². The largest absolute Gasteiger partial charge is 0.493 e. The van der Waals surface area contributed by atoms with E-state index in [0.29, 0.717) is 11.5 Å². The van der Waals surface area contributed by atoms with Crippen molar-refractivity contribution in [1.82, 2.24) is 14.8 Å². The minimum Gasteiger partial charge on any atom is -0.493 e. The first kappa shape index (κ1) is 16.9. The van der Waals surface area contributed by atoms with Crippen LogP contribution in [0.3, 0.4) is 0 Å². The summed E-state index contributed by atoms with van der Waals surface area (Å²) in [6.07, 6.45) is 5.48. The van der Waals surface area contributed by atoms with Crippen LogP contribution < -0.4 is 14.8 Å². The van der Waals surface area contributed by atoms with Gasteiger partial charge < -0.3 is 14.8 Å². The third kappa shape index (κ3) is 3.29. The molecule has 0 fully saturated rings. The predicted octanol–water partition coefficient (Wildman–Crippen LogP) is 4.49. The molecule has 0 amide bonds. The lowest BCUT2D eigenvalue weighted by molar-refractivity contribution is 0.356. The Hall–Kier alpha value is -3.54. The molecule has 1 N–H and O–H groups in total. The number of anilines is 2. The number of aryl methyl sites for hydroxylation is 1. The summed E-state index contributed by atoms with van der Waals surface area (Å²) in [5, 5.41) is 8.77. The molecule has 4 rings (SSSR count). The van der Waals surface area contributed by atoms with Gasteiger partial charge >= 0.3 is 0 Å². The molecule has 2 aromatic heterocycles. The summed E-state index contributed by atoms with van der Waals surface area (Å²) in [4.78, 5) is 4.45. The first-order chi connectivity index (χ1) is 13.2. The molecule has 27 heavy (non-hydrogen) atoms. The smallest absolute Gasteiger partial charge is 0.162 e. The first-order valence-corrected chi connectivity index (χ1v) is 8.57. The van der Waals surface area contributed by atoms with Crippen LogP contribution in [0.25, 0.3) is 16.6 Å². The van der Waals surface area contributed by atoms with Crippen molar-refractivity contribution in [3.05, 3.63) is 66.6 Å². The maximum Gasteiger partial charge on any atom is 0.162 e. The normalized spacial score (nSPS) is 10.8. The highest BCUT2D eigenvalue weighted by Crippen LogP contribution is 2.35. The van der Waals surface area contributed by atoms with E-state index >= 15 is 0 Å². The lowest BCUT2D eigenvalue weighted by Gasteiger charge is -2.14. The maximum absolute atomic E-state index is 5.44. The van der Waals surface area contributed by atoms with Gasteiger partial charge in [0.15, 0.2) is 11.5 Å².